The predicted molar refractivity (Wildman–Crippen MR) is 35.5 cm³/mol. The first-order valence-electron chi connectivity index (χ1n) is 3.13. The normalized spacial score (nSPS) is 11.3. The molecule has 0 atom stereocenters. The van der Waals surface area contributed by atoms with E-state index in [1.54, 1.807) is 7.11 Å². The Morgan fingerprint density at radius 2 is 2.11 bits per heavy atom. The molecule has 0 aromatic heterocycles. The summed E-state index contributed by atoms with van der Waals surface area (Å²) in [7, 11) is 1.62. The molecule has 0 aliphatic carbocycles. The van der Waals surface area contributed by atoms with Gasteiger partial charge in [-0.25, -0.2) is 0 Å². The second kappa shape index (κ2) is 4.73. The summed E-state index contributed by atoms with van der Waals surface area (Å²) in [5.74, 6) is 0. The molecule has 0 rings (SSSR count). The van der Waals surface area contributed by atoms with Gasteiger partial charge in [0.15, 0.2) is 0 Å². The maximum absolute atomic E-state index is 9.01. The molecule has 0 aliphatic rings. The fourth-order valence-electron chi connectivity index (χ4n) is 0.443. The number of methoxy groups -OCH3 is 1. The lowest BCUT2D eigenvalue weighted by molar-refractivity contribution is -0.125. The van der Waals surface area contributed by atoms with E-state index in [0.29, 0.717) is 13.2 Å². The third-order valence-corrected chi connectivity index (χ3v) is 1.12. The zero-order chi connectivity index (χ0) is 7.28. The molecule has 0 aliphatic heterocycles. The largest absolute Gasteiger partial charge is 0.383 e. The number of hydroxylamine groups is 2. The summed E-state index contributed by atoms with van der Waals surface area (Å²) in [5.41, 5.74) is 0. The first kappa shape index (κ1) is 8.88. The van der Waals surface area contributed by atoms with Gasteiger partial charge in [0.25, 0.3) is 0 Å². The Balaban J connectivity index is 3.16. The van der Waals surface area contributed by atoms with E-state index in [2.05, 4.69) is 0 Å². The van der Waals surface area contributed by atoms with Crippen molar-refractivity contribution in [3.8, 4) is 0 Å². The van der Waals surface area contributed by atoms with Gasteiger partial charge in [0, 0.05) is 19.7 Å². The maximum atomic E-state index is 9.01. The Morgan fingerprint density at radius 1 is 1.56 bits per heavy atom. The molecule has 0 spiro atoms. The molecule has 0 bridgehead atoms. The van der Waals surface area contributed by atoms with Gasteiger partial charge in [-0.3, -0.25) is 0 Å². The number of nitrogens with zero attached hydrogens (tertiary/aromatic N) is 1. The zero-order valence-corrected chi connectivity index (χ0v) is 6.29. The minimum Gasteiger partial charge on any atom is -0.383 e. The Kier molecular flexibility index (Phi) is 4.67. The van der Waals surface area contributed by atoms with Crippen molar-refractivity contribution in [3.05, 3.63) is 0 Å². The van der Waals surface area contributed by atoms with Crippen LogP contribution >= 0.6 is 0 Å². The Bertz CT molecular complexity index is 66.1. The van der Waals surface area contributed by atoms with Gasteiger partial charge in [0.2, 0.25) is 0 Å². The summed E-state index contributed by atoms with van der Waals surface area (Å²) in [5, 5.41) is 10.3. The number of rotatable bonds is 4. The lowest BCUT2D eigenvalue weighted by Crippen LogP contribution is -2.30. The second-order valence-corrected chi connectivity index (χ2v) is 2.25. The van der Waals surface area contributed by atoms with Gasteiger partial charge < -0.3 is 9.94 Å². The van der Waals surface area contributed by atoms with Crippen molar-refractivity contribution < 1.29 is 9.94 Å². The van der Waals surface area contributed by atoms with Crippen molar-refractivity contribution in [2.24, 2.45) is 0 Å². The average Bonchev–Trinajstić information content (AvgIpc) is 1.82. The molecule has 0 saturated carbocycles. The van der Waals surface area contributed by atoms with E-state index in [9.17, 15) is 0 Å². The van der Waals surface area contributed by atoms with Gasteiger partial charge in [-0.2, -0.15) is 5.06 Å². The van der Waals surface area contributed by atoms with E-state index >= 15 is 0 Å². The number of ether oxygens (including phenoxy) is 1. The van der Waals surface area contributed by atoms with Gasteiger partial charge in [-0.05, 0) is 13.8 Å². The molecule has 0 radical (unpaired) electrons. The first-order valence-corrected chi connectivity index (χ1v) is 3.13. The highest BCUT2D eigenvalue weighted by atomic mass is 16.5. The lowest BCUT2D eigenvalue weighted by atomic mass is 10.4. The summed E-state index contributed by atoms with van der Waals surface area (Å²) < 4.78 is 4.76. The van der Waals surface area contributed by atoms with Crippen LogP contribution in [0.1, 0.15) is 13.8 Å². The molecule has 0 aromatic rings. The van der Waals surface area contributed by atoms with E-state index in [0.717, 1.165) is 0 Å². The monoisotopic (exact) mass is 133 g/mol. The molecule has 3 heteroatoms. The Hall–Kier alpha value is -0.120. The smallest absolute Gasteiger partial charge is 0.0613 e. The van der Waals surface area contributed by atoms with Crippen LogP contribution in [0.3, 0.4) is 0 Å². The van der Waals surface area contributed by atoms with E-state index in [4.69, 9.17) is 9.94 Å². The number of hydrogen-bond acceptors (Lipinski definition) is 3. The second-order valence-electron chi connectivity index (χ2n) is 2.25. The minimum absolute atomic E-state index is 0.181. The third kappa shape index (κ3) is 4.39. The molecule has 0 saturated heterocycles. The molecule has 9 heavy (non-hydrogen) atoms. The maximum Gasteiger partial charge on any atom is 0.0613 e. The van der Waals surface area contributed by atoms with E-state index in [1.807, 2.05) is 13.8 Å². The fourth-order valence-corrected chi connectivity index (χ4v) is 0.443. The van der Waals surface area contributed by atoms with Gasteiger partial charge in [-0.15, -0.1) is 0 Å². The van der Waals surface area contributed by atoms with Gasteiger partial charge in [-0.1, -0.05) is 0 Å². The Morgan fingerprint density at radius 3 is 2.44 bits per heavy atom. The van der Waals surface area contributed by atoms with Crippen LogP contribution in [-0.4, -0.2) is 36.6 Å². The zero-order valence-electron chi connectivity index (χ0n) is 6.29. The van der Waals surface area contributed by atoms with E-state index < -0.39 is 0 Å². The van der Waals surface area contributed by atoms with Crippen LogP contribution < -0.4 is 0 Å². The van der Waals surface area contributed by atoms with Crippen LogP contribution in [0, 0.1) is 0 Å². The first-order chi connectivity index (χ1) is 4.18. The molecule has 0 unspecified atom stereocenters. The highest BCUT2D eigenvalue weighted by Crippen LogP contribution is 1.90. The van der Waals surface area contributed by atoms with Crippen LogP contribution in [0.25, 0.3) is 0 Å². The predicted octanol–water partition coefficient (Wildman–Crippen LogP) is 0.732. The minimum atomic E-state index is 0.181. The van der Waals surface area contributed by atoms with Crippen molar-refractivity contribution >= 4 is 0 Å². The quantitative estimate of drug-likeness (QED) is 0.574. The molecule has 1 N–H and O–H groups in total. The molecule has 0 fully saturated rings. The SMILES string of the molecule is COCCN(O)C(C)C. The van der Waals surface area contributed by atoms with Gasteiger partial charge >= 0.3 is 0 Å². The van der Waals surface area contributed by atoms with Crippen molar-refractivity contribution in [2.45, 2.75) is 19.9 Å². The van der Waals surface area contributed by atoms with Crippen molar-refractivity contribution in [2.75, 3.05) is 20.3 Å². The lowest BCUT2D eigenvalue weighted by Gasteiger charge is -2.17. The highest BCUT2D eigenvalue weighted by Gasteiger charge is 2.02. The molecule has 0 heterocycles. The molecule has 56 valence electrons. The van der Waals surface area contributed by atoms with Crippen LogP contribution in [0.5, 0.6) is 0 Å². The summed E-state index contributed by atoms with van der Waals surface area (Å²) >= 11 is 0. The molecule has 0 aromatic carbocycles. The van der Waals surface area contributed by atoms with Crippen LogP contribution in [0.15, 0.2) is 0 Å². The standard InChI is InChI=1S/C6H15NO2/c1-6(2)7(8)4-5-9-3/h6,8H,4-5H2,1-3H3. The fraction of sp³-hybridized carbons (Fsp3) is 1.00. The molecule has 0 amide bonds. The molecular weight excluding hydrogens is 118 g/mol. The van der Waals surface area contributed by atoms with Crippen molar-refractivity contribution in [1.29, 1.82) is 0 Å². The summed E-state index contributed by atoms with van der Waals surface area (Å²) in [6, 6.07) is 0.181. The Labute approximate surface area is 56.2 Å². The summed E-state index contributed by atoms with van der Waals surface area (Å²) in [6.45, 7) is 5.01. The highest BCUT2D eigenvalue weighted by molar-refractivity contribution is 4.48. The molecular formula is C6H15NO2. The van der Waals surface area contributed by atoms with Crippen molar-refractivity contribution in [1.82, 2.24) is 5.06 Å². The van der Waals surface area contributed by atoms with Crippen LogP contribution in [0.4, 0.5) is 0 Å². The van der Waals surface area contributed by atoms with Gasteiger partial charge in [0.05, 0.1) is 6.61 Å². The van der Waals surface area contributed by atoms with Gasteiger partial charge in [0.1, 0.15) is 0 Å². The summed E-state index contributed by atoms with van der Waals surface area (Å²) in [6.07, 6.45) is 0. The van der Waals surface area contributed by atoms with E-state index in [-0.39, 0.29) is 6.04 Å². The topological polar surface area (TPSA) is 32.7 Å². The van der Waals surface area contributed by atoms with Crippen LogP contribution in [0.2, 0.25) is 0 Å². The number of hydrogen-bond donors (Lipinski definition) is 1. The molecule has 3 nitrogen and oxygen atoms in total. The average molecular weight is 133 g/mol. The third-order valence-electron chi connectivity index (χ3n) is 1.12. The van der Waals surface area contributed by atoms with Crippen LogP contribution in [-0.2, 0) is 4.74 Å². The summed E-state index contributed by atoms with van der Waals surface area (Å²) in [4.78, 5) is 0. The van der Waals surface area contributed by atoms with Crippen molar-refractivity contribution in [3.63, 3.8) is 0 Å². The van der Waals surface area contributed by atoms with E-state index in [1.165, 1.54) is 5.06 Å².